The molecule has 0 bridgehead atoms. The molecule has 8 heteroatoms. The van der Waals surface area contributed by atoms with Crippen LogP contribution in [-0.4, -0.2) is 45.3 Å². The van der Waals surface area contributed by atoms with Gasteiger partial charge in [0.1, 0.15) is 5.82 Å². The highest BCUT2D eigenvalue weighted by atomic mass is 127. The van der Waals surface area contributed by atoms with Gasteiger partial charge in [-0.2, -0.15) is 0 Å². The van der Waals surface area contributed by atoms with Crippen molar-refractivity contribution in [3.05, 3.63) is 35.8 Å². The van der Waals surface area contributed by atoms with E-state index in [9.17, 15) is 8.60 Å². The van der Waals surface area contributed by atoms with Gasteiger partial charge in [0, 0.05) is 51.5 Å². The number of halogens is 2. The molecule has 0 amide bonds. The molecular formula is C19H30FIN4OS. The van der Waals surface area contributed by atoms with Crippen molar-refractivity contribution in [1.29, 1.82) is 0 Å². The van der Waals surface area contributed by atoms with Crippen LogP contribution in [-0.2, 0) is 17.2 Å². The summed E-state index contributed by atoms with van der Waals surface area (Å²) in [6, 6.07) is 4.79. The number of H-pyrrole nitrogens is 1. The molecule has 0 saturated heterocycles. The van der Waals surface area contributed by atoms with E-state index in [4.69, 9.17) is 0 Å². The van der Waals surface area contributed by atoms with E-state index < -0.39 is 10.8 Å². The second-order valence-electron chi connectivity index (χ2n) is 7.10. The molecule has 2 aromatic rings. The van der Waals surface area contributed by atoms with Gasteiger partial charge in [0.25, 0.3) is 0 Å². The second-order valence-corrected chi connectivity index (χ2v) is 9.43. The molecule has 0 spiro atoms. The molecule has 1 unspecified atom stereocenters. The molecule has 1 atom stereocenters. The lowest BCUT2D eigenvalue weighted by Crippen LogP contribution is -2.38. The summed E-state index contributed by atoms with van der Waals surface area (Å²) in [5.41, 5.74) is 1.95. The molecule has 0 radical (unpaired) electrons. The Morgan fingerprint density at radius 1 is 1.30 bits per heavy atom. The van der Waals surface area contributed by atoms with Crippen LogP contribution >= 0.6 is 24.0 Å². The van der Waals surface area contributed by atoms with Crippen LogP contribution in [0.2, 0.25) is 0 Å². The average Bonchev–Trinajstić information content (AvgIpc) is 2.96. The lowest BCUT2D eigenvalue weighted by molar-refractivity contribution is 0.629. The fraction of sp³-hybridized carbons (Fsp3) is 0.526. The Kier molecular flexibility index (Phi) is 9.72. The zero-order valence-corrected chi connectivity index (χ0v) is 19.5. The maximum atomic E-state index is 13.3. The number of hydrogen-bond donors (Lipinski definition) is 3. The molecular weight excluding hydrogens is 478 g/mol. The van der Waals surface area contributed by atoms with E-state index in [-0.39, 0.29) is 34.5 Å². The van der Waals surface area contributed by atoms with Crippen LogP contribution in [0.1, 0.15) is 33.3 Å². The number of nitrogens with zero attached hydrogens (tertiary/aromatic N) is 1. The third kappa shape index (κ3) is 7.40. The summed E-state index contributed by atoms with van der Waals surface area (Å²) in [4.78, 5) is 7.61. The van der Waals surface area contributed by atoms with Crippen molar-refractivity contribution in [1.82, 2.24) is 15.6 Å². The molecule has 0 aliphatic rings. The minimum absolute atomic E-state index is 0. The van der Waals surface area contributed by atoms with Gasteiger partial charge in [-0.15, -0.1) is 24.0 Å². The van der Waals surface area contributed by atoms with E-state index in [0.717, 1.165) is 35.4 Å². The van der Waals surface area contributed by atoms with Crippen LogP contribution in [0.15, 0.2) is 29.4 Å². The molecule has 0 aliphatic heterocycles. The van der Waals surface area contributed by atoms with Gasteiger partial charge in [-0.3, -0.25) is 9.20 Å². The minimum atomic E-state index is -0.903. The maximum Gasteiger partial charge on any atom is 0.191 e. The smallest absolute Gasteiger partial charge is 0.191 e. The van der Waals surface area contributed by atoms with Crippen LogP contribution in [0.25, 0.3) is 10.9 Å². The average molecular weight is 508 g/mol. The summed E-state index contributed by atoms with van der Waals surface area (Å²) < 4.78 is 25.1. The normalized spacial score (nSPS) is 13.3. The molecule has 0 fully saturated rings. The first kappa shape index (κ1) is 23.9. The zero-order valence-electron chi connectivity index (χ0n) is 16.4. The first-order valence-corrected chi connectivity index (χ1v) is 10.3. The molecule has 1 aromatic carbocycles. The number of hydrogen-bond acceptors (Lipinski definition) is 2. The Bertz CT molecular complexity index is 786. The number of fused-ring (bicyclic) bond motifs is 1. The zero-order chi connectivity index (χ0) is 19.2. The molecule has 0 aliphatic carbocycles. The van der Waals surface area contributed by atoms with E-state index in [2.05, 4.69) is 20.6 Å². The third-order valence-corrected chi connectivity index (χ3v) is 5.91. The quantitative estimate of drug-likeness (QED) is 0.304. The third-order valence-electron chi connectivity index (χ3n) is 3.99. The molecule has 1 heterocycles. The lowest BCUT2D eigenvalue weighted by Gasteiger charge is -2.17. The summed E-state index contributed by atoms with van der Waals surface area (Å²) in [5.74, 6) is 1.04. The summed E-state index contributed by atoms with van der Waals surface area (Å²) in [5, 5.41) is 7.54. The molecule has 2 rings (SSSR count). The molecule has 27 heavy (non-hydrogen) atoms. The Morgan fingerprint density at radius 2 is 2.04 bits per heavy atom. The summed E-state index contributed by atoms with van der Waals surface area (Å²) in [7, 11) is -0.903. The number of aromatic amines is 1. The van der Waals surface area contributed by atoms with E-state index in [1.165, 1.54) is 12.1 Å². The second kappa shape index (κ2) is 11.0. The van der Waals surface area contributed by atoms with Gasteiger partial charge >= 0.3 is 0 Å². The van der Waals surface area contributed by atoms with Gasteiger partial charge in [0.05, 0.1) is 6.54 Å². The van der Waals surface area contributed by atoms with Gasteiger partial charge in [0.15, 0.2) is 5.96 Å². The van der Waals surface area contributed by atoms with Gasteiger partial charge in [-0.25, -0.2) is 4.39 Å². The number of aromatic nitrogens is 1. The van der Waals surface area contributed by atoms with Crippen LogP contribution in [0, 0.1) is 5.82 Å². The van der Waals surface area contributed by atoms with Gasteiger partial charge in [0.2, 0.25) is 0 Å². The minimum Gasteiger partial charge on any atom is -0.361 e. The van der Waals surface area contributed by atoms with Gasteiger partial charge < -0.3 is 15.6 Å². The van der Waals surface area contributed by atoms with Crippen LogP contribution in [0.3, 0.4) is 0 Å². The Hall–Kier alpha value is -1.16. The van der Waals surface area contributed by atoms with Gasteiger partial charge in [-0.05, 0) is 57.9 Å². The number of rotatable bonds is 7. The SMILES string of the molecule is CCNC(=NCCS(=O)C(C)(C)C)NCCc1c[nH]c2cc(F)ccc12.I. The number of guanidine groups is 1. The topological polar surface area (TPSA) is 69.3 Å². The number of benzene rings is 1. The highest BCUT2D eigenvalue weighted by molar-refractivity contribution is 14.0. The molecule has 5 nitrogen and oxygen atoms in total. The van der Waals surface area contributed by atoms with Crippen molar-refractivity contribution >= 4 is 51.6 Å². The van der Waals surface area contributed by atoms with Crippen LogP contribution in [0.4, 0.5) is 4.39 Å². The van der Waals surface area contributed by atoms with Crippen molar-refractivity contribution in [2.75, 3.05) is 25.4 Å². The number of aliphatic imine (C=N–C) groups is 1. The predicted molar refractivity (Wildman–Crippen MR) is 124 cm³/mol. The van der Waals surface area contributed by atoms with Crippen molar-refractivity contribution in [2.24, 2.45) is 4.99 Å². The highest BCUT2D eigenvalue weighted by Gasteiger charge is 2.18. The Balaban J connectivity index is 0.00000364. The molecule has 0 saturated carbocycles. The lowest BCUT2D eigenvalue weighted by atomic mass is 10.1. The fourth-order valence-corrected chi connectivity index (χ4v) is 3.44. The summed E-state index contributed by atoms with van der Waals surface area (Å²) >= 11 is 0. The molecule has 152 valence electrons. The first-order valence-electron chi connectivity index (χ1n) is 8.97. The van der Waals surface area contributed by atoms with Crippen molar-refractivity contribution < 1.29 is 8.60 Å². The maximum absolute atomic E-state index is 13.3. The highest BCUT2D eigenvalue weighted by Crippen LogP contribution is 2.19. The van der Waals surface area contributed by atoms with E-state index in [1.54, 1.807) is 6.07 Å². The fourth-order valence-electron chi connectivity index (χ4n) is 2.57. The largest absolute Gasteiger partial charge is 0.361 e. The monoisotopic (exact) mass is 508 g/mol. The summed E-state index contributed by atoms with van der Waals surface area (Å²) in [6.45, 7) is 9.93. The summed E-state index contributed by atoms with van der Waals surface area (Å²) in [6.07, 6.45) is 2.71. The molecule has 3 N–H and O–H groups in total. The van der Waals surface area contributed by atoms with E-state index >= 15 is 0 Å². The number of nitrogens with one attached hydrogen (secondary N) is 3. The molecule has 1 aromatic heterocycles. The standard InChI is InChI=1S/C19H29FN4OS.HI/c1-5-21-18(23-10-11-26(25)19(2,3)4)22-9-8-14-13-24-17-12-15(20)6-7-16(14)17;/h6-7,12-13,24H,5,8-11H2,1-4H3,(H2,21,22,23);1H. The Morgan fingerprint density at radius 3 is 2.70 bits per heavy atom. The Labute approximate surface area is 180 Å². The predicted octanol–water partition coefficient (Wildman–Crippen LogP) is 3.57. The first-order chi connectivity index (χ1) is 12.3. The van der Waals surface area contributed by atoms with Crippen molar-refractivity contribution in [3.8, 4) is 0 Å². The van der Waals surface area contributed by atoms with Crippen LogP contribution < -0.4 is 10.6 Å². The van der Waals surface area contributed by atoms with E-state index in [0.29, 0.717) is 18.8 Å². The van der Waals surface area contributed by atoms with Crippen LogP contribution in [0.5, 0.6) is 0 Å². The van der Waals surface area contributed by atoms with Gasteiger partial charge in [-0.1, -0.05) is 0 Å². The van der Waals surface area contributed by atoms with Crippen molar-refractivity contribution in [3.63, 3.8) is 0 Å². The van der Waals surface area contributed by atoms with Crippen molar-refractivity contribution in [2.45, 2.75) is 38.9 Å². The van der Waals surface area contributed by atoms with E-state index in [1.807, 2.05) is 33.9 Å².